The Labute approximate surface area is 350 Å². The lowest BCUT2D eigenvalue weighted by Gasteiger charge is -2.33. The number of rotatable bonds is 41. The van der Waals surface area contributed by atoms with Gasteiger partial charge in [0.2, 0.25) is 0 Å². The molecule has 6 heteroatoms. The summed E-state index contributed by atoms with van der Waals surface area (Å²) in [6, 6.07) is 0. The van der Waals surface area contributed by atoms with Crippen molar-refractivity contribution in [3.63, 3.8) is 0 Å². The molecule has 0 saturated carbocycles. The molecule has 0 aromatic heterocycles. The fourth-order valence-corrected chi connectivity index (χ4v) is 8.76. The molecule has 0 radical (unpaired) electrons. The Kier molecular flexibility index (Phi) is 37.1. The quantitative estimate of drug-likeness (QED) is 0.0454. The molecule has 0 N–H and O–H groups in total. The van der Waals surface area contributed by atoms with Gasteiger partial charge in [0.05, 0.1) is 13.2 Å². The number of esters is 2. The smallest absolute Gasteiger partial charge is 0.305 e. The van der Waals surface area contributed by atoms with Gasteiger partial charge in [-0.3, -0.25) is 9.59 Å². The zero-order valence-electron chi connectivity index (χ0n) is 38.5. The summed E-state index contributed by atoms with van der Waals surface area (Å²) in [6.07, 6.45) is 40.0. The van der Waals surface area contributed by atoms with Gasteiger partial charge in [-0.05, 0) is 63.5 Å². The molecule has 1 rings (SSSR count). The molecule has 1 heterocycles. The average molecular weight is 791 g/mol. The van der Waals surface area contributed by atoms with Crippen molar-refractivity contribution in [1.82, 2.24) is 9.80 Å². The van der Waals surface area contributed by atoms with Crippen LogP contribution in [0, 0.1) is 17.8 Å². The van der Waals surface area contributed by atoms with Crippen LogP contribution in [0.15, 0.2) is 0 Å². The second-order valence-corrected chi connectivity index (χ2v) is 18.1. The molecular weight excluding hydrogens is 693 g/mol. The monoisotopic (exact) mass is 791 g/mol. The summed E-state index contributed by atoms with van der Waals surface area (Å²) in [4.78, 5) is 30.0. The highest BCUT2D eigenvalue weighted by Gasteiger charge is 2.17. The molecular formula is C50H98N2O4. The van der Waals surface area contributed by atoms with Crippen LogP contribution in [0.2, 0.25) is 0 Å². The number of nitrogens with zero attached hydrogens (tertiary/aromatic N) is 2. The molecule has 1 unspecified atom stereocenters. The van der Waals surface area contributed by atoms with Gasteiger partial charge in [0.1, 0.15) is 0 Å². The highest BCUT2D eigenvalue weighted by Crippen LogP contribution is 2.25. The molecule has 6 nitrogen and oxygen atoms in total. The molecule has 0 amide bonds. The summed E-state index contributed by atoms with van der Waals surface area (Å²) >= 11 is 0. The highest BCUT2D eigenvalue weighted by atomic mass is 16.5. The van der Waals surface area contributed by atoms with Crippen molar-refractivity contribution in [1.29, 1.82) is 0 Å². The maximum absolute atomic E-state index is 12.5. The fourth-order valence-electron chi connectivity index (χ4n) is 8.76. The van der Waals surface area contributed by atoms with E-state index in [9.17, 15) is 9.59 Å². The van der Waals surface area contributed by atoms with Crippen LogP contribution in [0.3, 0.4) is 0 Å². The maximum Gasteiger partial charge on any atom is 0.305 e. The molecule has 0 aromatic rings. The Morgan fingerprint density at radius 1 is 0.411 bits per heavy atom. The van der Waals surface area contributed by atoms with Crippen LogP contribution < -0.4 is 0 Å². The van der Waals surface area contributed by atoms with Crippen molar-refractivity contribution in [2.75, 3.05) is 53.0 Å². The van der Waals surface area contributed by atoms with E-state index in [0.717, 1.165) is 56.3 Å². The van der Waals surface area contributed by atoms with Gasteiger partial charge < -0.3 is 19.3 Å². The lowest BCUT2D eigenvalue weighted by atomic mass is 9.91. The molecule has 56 heavy (non-hydrogen) atoms. The minimum absolute atomic E-state index is 0.0173. The summed E-state index contributed by atoms with van der Waals surface area (Å²) in [5, 5.41) is 0. The van der Waals surface area contributed by atoms with Gasteiger partial charge in [-0.1, -0.05) is 195 Å². The Hall–Kier alpha value is -1.14. The Bertz CT molecular complexity index is 840. The minimum Gasteiger partial charge on any atom is -0.466 e. The molecule has 1 aliphatic rings. The molecule has 0 aromatic carbocycles. The maximum atomic E-state index is 12.5. The van der Waals surface area contributed by atoms with Crippen molar-refractivity contribution in [2.24, 2.45) is 17.8 Å². The summed E-state index contributed by atoms with van der Waals surface area (Å²) in [6.45, 7) is 16.4. The lowest BCUT2D eigenvalue weighted by molar-refractivity contribution is -0.145. The van der Waals surface area contributed by atoms with Gasteiger partial charge in [-0.2, -0.15) is 0 Å². The van der Waals surface area contributed by atoms with Crippen LogP contribution in [-0.4, -0.2) is 74.7 Å². The van der Waals surface area contributed by atoms with Crippen LogP contribution in [0.5, 0.6) is 0 Å². The molecule has 1 saturated heterocycles. The first-order chi connectivity index (χ1) is 27.4. The van der Waals surface area contributed by atoms with Crippen LogP contribution >= 0.6 is 0 Å². The third-order valence-electron chi connectivity index (χ3n) is 12.9. The van der Waals surface area contributed by atoms with Crippen LogP contribution in [0.4, 0.5) is 0 Å². The predicted molar refractivity (Wildman–Crippen MR) is 241 cm³/mol. The van der Waals surface area contributed by atoms with E-state index < -0.39 is 0 Å². The number of likely N-dealkylation sites (N-methyl/N-ethyl adjacent to an activating group) is 1. The number of carbonyl (C=O) groups is 2. The van der Waals surface area contributed by atoms with Crippen LogP contribution in [0.1, 0.15) is 240 Å². The van der Waals surface area contributed by atoms with Gasteiger partial charge in [-0.25, -0.2) is 0 Å². The van der Waals surface area contributed by atoms with Gasteiger partial charge >= 0.3 is 11.9 Å². The van der Waals surface area contributed by atoms with E-state index in [4.69, 9.17) is 9.47 Å². The van der Waals surface area contributed by atoms with Crippen molar-refractivity contribution >= 4 is 11.9 Å². The van der Waals surface area contributed by atoms with E-state index in [1.54, 1.807) is 0 Å². The molecule has 0 bridgehead atoms. The van der Waals surface area contributed by atoms with Gasteiger partial charge in [-0.15, -0.1) is 0 Å². The SMILES string of the molecule is CCCCCC(CCCCC)CCOC(=O)CCCCCCCCC(CCCCCCC(=O)OCCC(CCCCC)CCCCC)CCN1CCN(C)CC1. The molecule has 1 aliphatic heterocycles. The number of ether oxygens (including phenoxy) is 2. The summed E-state index contributed by atoms with van der Waals surface area (Å²) in [5.41, 5.74) is 0. The largest absolute Gasteiger partial charge is 0.466 e. The van der Waals surface area contributed by atoms with Gasteiger partial charge in [0.15, 0.2) is 0 Å². The Morgan fingerprint density at radius 3 is 1.11 bits per heavy atom. The first-order valence-electron chi connectivity index (χ1n) is 25.1. The average Bonchev–Trinajstić information content (AvgIpc) is 3.19. The first kappa shape index (κ1) is 52.9. The van der Waals surface area contributed by atoms with Crippen molar-refractivity contribution in [3.05, 3.63) is 0 Å². The van der Waals surface area contributed by atoms with Crippen molar-refractivity contribution in [3.8, 4) is 0 Å². The molecule has 0 aliphatic carbocycles. The van der Waals surface area contributed by atoms with E-state index in [2.05, 4.69) is 44.5 Å². The fraction of sp³-hybridized carbons (Fsp3) is 0.960. The minimum atomic E-state index is 0.0173. The zero-order valence-corrected chi connectivity index (χ0v) is 38.5. The van der Waals surface area contributed by atoms with Crippen LogP contribution in [0.25, 0.3) is 0 Å². The van der Waals surface area contributed by atoms with Crippen molar-refractivity contribution < 1.29 is 19.1 Å². The van der Waals surface area contributed by atoms with Crippen molar-refractivity contribution in [2.45, 2.75) is 240 Å². The van der Waals surface area contributed by atoms with Gasteiger partial charge in [0, 0.05) is 39.0 Å². The molecule has 1 atom stereocenters. The molecule has 1 fully saturated rings. The number of unbranched alkanes of at least 4 members (excludes halogenated alkanes) is 16. The lowest BCUT2D eigenvalue weighted by Crippen LogP contribution is -2.44. The number of carbonyl (C=O) groups excluding carboxylic acids is 2. The third kappa shape index (κ3) is 32.8. The zero-order chi connectivity index (χ0) is 40.7. The number of hydrogen-bond acceptors (Lipinski definition) is 6. The predicted octanol–water partition coefficient (Wildman–Crippen LogP) is 14.1. The standard InChI is InChI=1S/C50H98N2O4/c1-6-10-20-28-47(29-21-11-7-2)37-44-55-49(53)34-26-17-15-14-16-24-32-46(36-39-52-42-40-51(5)41-43-52)33-25-18-19-27-35-50(54)56-45-38-48(30-22-12-8-3)31-23-13-9-4/h46-48H,6-45H2,1-5H3. The second kappa shape index (κ2) is 39.3. The third-order valence-corrected chi connectivity index (χ3v) is 12.9. The van der Waals surface area contributed by atoms with E-state index in [-0.39, 0.29) is 11.9 Å². The number of piperazine rings is 1. The summed E-state index contributed by atoms with van der Waals surface area (Å²) in [5.74, 6) is 2.30. The summed E-state index contributed by atoms with van der Waals surface area (Å²) in [7, 11) is 2.24. The molecule has 332 valence electrons. The van der Waals surface area contributed by atoms with E-state index in [0.29, 0.717) is 26.1 Å². The normalized spacial score (nSPS) is 14.6. The Morgan fingerprint density at radius 2 is 0.732 bits per heavy atom. The van der Waals surface area contributed by atoms with E-state index in [1.165, 1.54) is 193 Å². The number of hydrogen-bond donors (Lipinski definition) is 0. The first-order valence-corrected chi connectivity index (χ1v) is 25.1. The topological polar surface area (TPSA) is 59.1 Å². The van der Waals surface area contributed by atoms with E-state index in [1.807, 2.05) is 0 Å². The Balaban J connectivity index is 2.25. The molecule has 0 spiro atoms. The summed E-state index contributed by atoms with van der Waals surface area (Å²) < 4.78 is 11.4. The van der Waals surface area contributed by atoms with E-state index >= 15 is 0 Å². The van der Waals surface area contributed by atoms with Gasteiger partial charge in [0.25, 0.3) is 0 Å². The highest BCUT2D eigenvalue weighted by molar-refractivity contribution is 5.69. The van der Waals surface area contributed by atoms with Crippen LogP contribution in [-0.2, 0) is 19.1 Å². The second-order valence-electron chi connectivity index (χ2n) is 18.1.